The molecule has 0 saturated carbocycles. The zero-order valence-corrected chi connectivity index (χ0v) is 7.59. The number of hydrogen-bond donors (Lipinski definition) is 0. The van der Waals surface area contributed by atoms with Gasteiger partial charge in [0.25, 0.3) is 0 Å². The van der Waals surface area contributed by atoms with Crippen molar-refractivity contribution in [3.05, 3.63) is 11.3 Å². The molecule has 0 aliphatic rings. The third-order valence-electron chi connectivity index (χ3n) is 1.41. The zero-order chi connectivity index (χ0) is 8.43. The Kier molecular flexibility index (Phi) is 2.39. The maximum Gasteiger partial charge on any atom is 0.175 e. The van der Waals surface area contributed by atoms with E-state index in [0.29, 0.717) is 10.9 Å². The van der Waals surface area contributed by atoms with Crippen molar-refractivity contribution in [2.45, 2.75) is 19.9 Å². The van der Waals surface area contributed by atoms with E-state index in [-0.39, 0.29) is 6.04 Å². The van der Waals surface area contributed by atoms with E-state index in [0.717, 1.165) is 0 Å². The van der Waals surface area contributed by atoms with Crippen LogP contribution >= 0.6 is 11.6 Å². The highest BCUT2D eigenvalue weighted by Crippen LogP contribution is 2.25. The van der Waals surface area contributed by atoms with Crippen LogP contribution in [0.5, 0.6) is 5.75 Å². The summed E-state index contributed by atoms with van der Waals surface area (Å²) in [6.45, 7) is 4.02. The monoisotopic (exact) mass is 174 g/mol. The van der Waals surface area contributed by atoms with Gasteiger partial charge in [0.2, 0.25) is 0 Å². The summed E-state index contributed by atoms with van der Waals surface area (Å²) < 4.78 is 6.67. The molecule has 0 bridgehead atoms. The van der Waals surface area contributed by atoms with Crippen molar-refractivity contribution in [2.75, 3.05) is 7.11 Å². The van der Waals surface area contributed by atoms with Crippen LogP contribution in [-0.4, -0.2) is 16.9 Å². The van der Waals surface area contributed by atoms with Gasteiger partial charge in [-0.2, -0.15) is 5.10 Å². The second kappa shape index (κ2) is 3.13. The van der Waals surface area contributed by atoms with Crippen molar-refractivity contribution < 1.29 is 4.74 Å². The second-order valence-corrected chi connectivity index (χ2v) is 2.90. The summed E-state index contributed by atoms with van der Waals surface area (Å²) in [6.07, 6.45) is 1.61. The van der Waals surface area contributed by atoms with E-state index in [4.69, 9.17) is 16.3 Å². The predicted molar refractivity (Wildman–Crippen MR) is 44.2 cm³/mol. The van der Waals surface area contributed by atoms with Crippen molar-refractivity contribution in [1.82, 2.24) is 9.78 Å². The van der Waals surface area contributed by atoms with Gasteiger partial charge in [-0.1, -0.05) is 11.6 Å². The van der Waals surface area contributed by atoms with Gasteiger partial charge in [0, 0.05) is 6.04 Å². The predicted octanol–water partition coefficient (Wildman–Crippen LogP) is 2.13. The topological polar surface area (TPSA) is 27.1 Å². The number of hydrogen-bond acceptors (Lipinski definition) is 2. The van der Waals surface area contributed by atoms with Gasteiger partial charge in [0.1, 0.15) is 0 Å². The van der Waals surface area contributed by atoms with Gasteiger partial charge in [0.15, 0.2) is 10.9 Å². The highest BCUT2D eigenvalue weighted by molar-refractivity contribution is 6.31. The van der Waals surface area contributed by atoms with Crippen molar-refractivity contribution in [3.8, 4) is 5.75 Å². The zero-order valence-electron chi connectivity index (χ0n) is 6.84. The van der Waals surface area contributed by atoms with Crippen molar-refractivity contribution in [3.63, 3.8) is 0 Å². The molecule has 1 aromatic rings. The van der Waals surface area contributed by atoms with E-state index in [1.807, 2.05) is 13.8 Å². The molecule has 0 aliphatic heterocycles. The Morgan fingerprint density at radius 1 is 1.64 bits per heavy atom. The molecule has 11 heavy (non-hydrogen) atoms. The Bertz CT molecular complexity index is 245. The lowest BCUT2D eigenvalue weighted by molar-refractivity contribution is 0.413. The molecule has 0 aromatic carbocycles. The summed E-state index contributed by atoms with van der Waals surface area (Å²) >= 11 is 5.89. The summed E-state index contributed by atoms with van der Waals surface area (Å²) in [4.78, 5) is 0. The quantitative estimate of drug-likeness (QED) is 0.687. The van der Waals surface area contributed by atoms with Gasteiger partial charge in [0.05, 0.1) is 13.3 Å². The van der Waals surface area contributed by atoms with Crippen LogP contribution in [0.3, 0.4) is 0 Å². The second-order valence-electron chi connectivity index (χ2n) is 2.54. The molecule has 0 unspecified atom stereocenters. The Hall–Kier alpha value is -0.700. The summed E-state index contributed by atoms with van der Waals surface area (Å²) in [6, 6.07) is 0.270. The molecule has 0 amide bonds. The average molecular weight is 175 g/mol. The molecule has 4 heteroatoms. The van der Waals surface area contributed by atoms with Crippen molar-refractivity contribution in [1.29, 1.82) is 0 Å². The fourth-order valence-corrected chi connectivity index (χ4v) is 1.19. The number of ether oxygens (including phenoxy) is 1. The van der Waals surface area contributed by atoms with Crippen molar-refractivity contribution in [2.24, 2.45) is 0 Å². The largest absolute Gasteiger partial charge is 0.492 e. The number of methoxy groups -OCH3 is 1. The minimum absolute atomic E-state index is 0.270. The summed E-state index contributed by atoms with van der Waals surface area (Å²) in [5.74, 6) is 0.625. The van der Waals surface area contributed by atoms with Crippen LogP contribution < -0.4 is 4.74 Å². The number of aromatic nitrogens is 2. The fourth-order valence-electron chi connectivity index (χ4n) is 0.828. The first-order valence-electron chi connectivity index (χ1n) is 3.43. The third kappa shape index (κ3) is 1.48. The number of rotatable bonds is 2. The van der Waals surface area contributed by atoms with E-state index in [1.165, 1.54) is 0 Å². The van der Waals surface area contributed by atoms with Crippen LogP contribution in [-0.2, 0) is 0 Å². The SMILES string of the molecule is COc1cnn(C(C)C)c1Cl. The van der Waals surface area contributed by atoms with Crippen molar-refractivity contribution >= 4 is 11.6 Å². The minimum atomic E-state index is 0.270. The van der Waals surface area contributed by atoms with Gasteiger partial charge in [-0.05, 0) is 13.8 Å². The molecule has 0 fully saturated rings. The van der Waals surface area contributed by atoms with Gasteiger partial charge in [-0.3, -0.25) is 0 Å². The molecule has 0 saturated heterocycles. The third-order valence-corrected chi connectivity index (χ3v) is 1.77. The Morgan fingerprint density at radius 3 is 2.55 bits per heavy atom. The molecule has 3 nitrogen and oxygen atoms in total. The highest BCUT2D eigenvalue weighted by Gasteiger charge is 2.09. The first kappa shape index (κ1) is 8.40. The van der Waals surface area contributed by atoms with Crippen LogP contribution in [0, 0.1) is 0 Å². The lowest BCUT2D eigenvalue weighted by Crippen LogP contribution is -2.02. The standard InChI is InChI=1S/C7H11ClN2O/c1-5(2)10-7(8)6(11-3)4-9-10/h4-5H,1-3H3. The molecule has 0 spiro atoms. The van der Waals surface area contributed by atoms with E-state index in [2.05, 4.69) is 5.10 Å². The lowest BCUT2D eigenvalue weighted by Gasteiger charge is -2.05. The fraction of sp³-hybridized carbons (Fsp3) is 0.571. The van der Waals surface area contributed by atoms with Crippen LogP contribution in [0.4, 0.5) is 0 Å². The average Bonchev–Trinajstić information content (AvgIpc) is 2.30. The van der Waals surface area contributed by atoms with Gasteiger partial charge in [-0.25, -0.2) is 4.68 Å². The summed E-state index contributed by atoms with van der Waals surface area (Å²) in [7, 11) is 1.58. The minimum Gasteiger partial charge on any atom is -0.492 e. The van der Waals surface area contributed by atoms with Gasteiger partial charge in [-0.15, -0.1) is 0 Å². The first-order valence-corrected chi connectivity index (χ1v) is 3.81. The van der Waals surface area contributed by atoms with E-state index in [1.54, 1.807) is 18.0 Å². The van der Waals surface area contributed by atoms with Crippen LogP contribution in [0.1, 0.15) is 19.9 Å². The molecular weight excluding hydrogens is 164 g/mol. The lowest BCUT2D eigenvalue weighted by atomic mass is 10.4. The van der Waals surface area contributed by atoms with Gasteiger partial charge < -0.3 is 4.74 Å². The molecule has 0 radical (unpaired) electrons. The smallest absolute Gasteiger partial charge is 0.175 e. The van der Waals surface area contributed by atoms with Gasteiger partial charge >= 0.3 is 0 Å². The Balaban J connectivity index is 3.00. The van der Waals surface area contributed by atoms with E-state index >= 15 is 0 Å². The molecular formula is C7H11ClN2O. The Labute approximate surface area is 70.9 Å². The van der Waals surface area contributed by atoms with Crippen LogP contribution in [0.15, 0.2) is 6.20 Å². The maximum atomic E-state index is 5.89. The molecule has 0 N–H and O–H groups in total. The van der Waals surface area contributed by atoms with E-state index < -0.39 is 0 Å². The van der Waals surface area contributed by atoms with Crippen LogP contribution in [0.2, 0.25) is 5.15 Å². The highest BCUT2D eigenvalue weighted by atomic mass is 35.5. The molecule has 1 heterocycles. The maximum absolute atomic E-state index is 5.89. The molecule has 1 rings (SSSR count). The molecule has 1 aromatic heterocycles. The molecule has 0 aliphatic carbocycles. The number of halogens is 1. The molecule has 0 atom stereocenters. The van der Waals surface area contributed by atoms with E-state index in [9.17, 15) is 0 Å². The first-order chi connectivity index (χ1) is 5.16. The van der Waals surface area contributed by atoms with Crippen LogP contribution in [0.25, 0.3) is 0 Å². The normalized spacial score (nSPS) is 10.6. The summed E-state index contributed by atoms with van der Waals surface area (Å²) in [5.41, 5.74) is 0. The number of nitrogens with zero attached hydrogens (tertiary/aromatic N) is 2. The summed E-state index contributed by atoms with van der Waals surface area (Å²) in [5, 5.41) is 4.60. The Morgan fingerprint density at radius 2 is 2.27 bits per heavy atom. The molecule has 62 valence electrons.